The summed E-state index contributed by atoms with van der Waals surface area (Å²) in [6.07, 6.45) is 0. The number of nitrogens with one attached hydrogen (secondary N) is 1. The Morgan fingerprint density at radius 3 is 2.58 bits per heavy atom. The number of anilines is 1. The normalized spacial score (nSPS) is 10.6. The fourth-order valence-electron chi connectivity index (χ4n) is 1.93. The summed E-state index contributed by atoms with van der Waals surface area (Å²) in [6.45, 7) is 5.71. The van der Waals surface area contributed by atoms with Crippen molar-refractivity contribution >= 4 is 23.2 Å². The number of hydrogen-bond acceptors (Lipinski definition) is 2. The Morgan fingerprint density at radius 1 is 1.32 bits per heavy atom. The van der Waals surface area contributed by atoms with Crippen LogP contribution in [-0.2, 0) is 7.05 Å². The molecule has 0 saturated heterocycles. The lowest BCUT2D eigenvalue weighted by Gasteiger charge is -2.09. The van der Waals surface area contributed by atoms with Crippen molar-refractivity contribution in [2.75, 3.05) is 5.32 Å². The maximum atomic E-state index is 12.3. The lowest BCUT2D eigenvalue weighted by molar-refractivity contribution is 0.101. The summed E-state index contributed by atoms with van der Waals surface area (Å²) in [6, 6.07) is 5.91. The zero-order chi connectivity index (χ0) is 14.2. The van der Waals surface area contributed by atoms with Crippen molar-refractivity contribution in [2.24, 2.45) is 7.05 Å². The van der Waals surface area contributed by atoms with Gasteiger partial charge < -0.3 is 5.32 Å². The van der Waals surface area contributed by atoms with Crippen LogP contribution in [0.1, 0.15) is 27.3 Å². The summed E-state index contributed by atoms with van der Waals surface area (Å²) in [4.78, 5) is 12.3. The molecule has 0 aliphatic carbocycles. The van der Waals surface area contributed by atoms with Gasteiger partial charge in [-0.2, -0.15) is 5.10 Å². The van der Waals surface area contributed by atoms with Gasteiger partial charge in [0.15, 0.2) is 0 Å². The molecule has 0 radical (unpaired) electrons. The fourth-order valence-corrected chi connectivity index (χ4v) is 2.18. The number of nitrogens with zero attached hydrogens (tertiary/aromatic N) is 2. The van der Waals surface area contributed by atoms with Crippen molar-refractivity contribution in [3.05, 3.63) is 45.7 Å². The lowest BCUT2D eigenvalue weighted by Crippen LogP contribution is -2.17. The van der Waals surface area contributed by atoms with Crippen molar-refractivity contribution in [1.29, 1.82) is 0 Å². The lowest BCUT2D eigenvalue weighted by atomic mass is 10.1. The van der Waals surface area contributed by atoms with Crippen LogP contribution in [-0.4, -0.2) is 15.7 Å². The van der Waals surface area contributed by atoms with Gasteiger partial charge in [-0.25, -0.2) is 0 Å². The van der Waals surface area contributed by atoms with Gasteiger partial charge in [0.25, 0.3) is 5.91 Å². The third kappa shape index (κ3) is 2.63. The molecular weight excluding hydrogens is 262 g/mol. The molecule has 4 nitrogen and oxygen atoms in total. The van der Waals surface area contributed by atoms with Gasteiger partial charge in [0.1, 0.15) is 5.69 Å². The summed E-state index contributed by atoms with van der Waals surface area (Å²) >= 11 is 6.10. The molecule has 0 bridgehead atoms. The molecular formula is C14H16ClN3O. The summed E-state index contributed by atoms with van der Waals surface area (Å²) < 4.78 is 1.50. The smallest absolute Gasteiger partial charge is 0.275 e. The first-order valence-corrected chi connectivity index (χ1v) is 6.35. The Hall–Kier alpha value is -1.81. The number of benzene rings is 1. The van der Waals surface area contributed by atoms with Gasteiger partial charge in [-0.3, -0.25) is 9.48 Å². The minimum Gasteiger partial charge on any atom is -0.320 e. The number of rotatable bonds is 2. The van der Waals surface area contributed by atoms with E-state index in [2.05, 4.69) is 10.4 Å². The zero-order valence-electron chi connectivity index (χ0n) is 11.4. The molecule has 0 aliphatic heterocycles. The van der Waals surface area contributed by atoms with Crippen LogP contribution in [0.4, 0.5) is 5.69 Å². The molecule has 0 unspecified atom stereocenters. The average Bonchev–Trinajstić information content (AvgIpc) is 2.58. The predicted octanol–water partition coefficient (Wildman–Crippen LogP) is 3.25. The second kappa shape index (κ2) is 5.05. The number of carbonyl (C=O) groups is 1. The van der Waals surface area contributed by atoms with Crippen LogP contribution >= 0.6 is 11.6 Å². The highest BCUT2D eigenvalue weighted by atomic mass is 35.5. The highest BCUT2D eigenvalue weighted by Gasteiger charge is 2.19. The Kier molecular flexibility index (Phi) is 3.62. The molecule has 2 aromatic rings. The van der Waals surface area contributed by atoms with E-state index in [1.807, 2.05) is 32.0 Å². The Labute approximate surface area is 117 Å². The highest BCUT2D eigenvalue weighted by molar-refractivity contribution is 6.34. The molecule has 0 saturated carbocycles. The van der Waals surface area contributed by atoms with Crippen LogP contribution in [0.15, 0.2) is 18.2 Å². The first kappa shape index (κ1) is 13.6. The van der Waals surface area contributed by atoms with E-state index in [0.29, 0.717) is 16.4 Å². The third-order valence-corrected chi connectivity index (χ3v) is 3.46. The fraction of sp³-hybridized carbons (Fsp3) is 0.286. The third-order valence-electron chi connectivity index (χ3n) is 3.01. The van der Waals surface area contributed by atoms with Crippen LogP contribution in [0.25, 0.3) is 0 Å². The standard InChI is InChI=1S/C14H16ClN3O/c1-8-5-6-9(2)11(7-8)16-14(19)13-12(15)10(3)17-18(13)4/h5-7H,1-4H3,(H,16,19). The molecule has 1 N–H and O–H groups in total. The number of aryl methyl sites for hydroxylation is 4. The topological polar surface area (TPSA) is 46.9 Å². The summed E-state index contributed by atoms with van der Waals surface area (Å²) in [7, 11) is 1.71. The van der Waals surface area contributed by atoms with E-state index in [1.165, 1.54) is 4.68 Å². The van der Waals surface area contributed by atoms with Gasteiger partial charge >= 0.3 is 0 Å². The van der Waals surface area contributed by atoms with Crippen LogP contribution in [0.2, 0.25) is 5.02 Å². The Balaban J connectivity index is 2.33. The monoisotopic (exact) mass is 277 g/mol. The first-order chi connectivity index (χ1) is 8.90. The van der Waals surface area contributed by atoms with E-state index in [1.54, 1.807) is 14.0 Å². The number of aromatic nitrogens is 2. The predicted molar refractivity (Wildman–Crippen MR) is 76.8 cm³/mol. The molecule has 0 atom stereocenters. The minimum atomic E-state index is -0.248. The van der Waals surface area contributed by atoms with E-state index < -0.39 is 0 Å². The van der Waals surface area contributed by atoms with E-state index in [9.17, 15) is 4.79 Å². The molecule has 0 aliphatic rings. The second-order valence-corrected chi connectivity index (χ2v) is 5.02. The highest BCUT2D eigenvalue weighted by Crippen LogP contribution is 2.22. The van der Waals surface area contributed by atoms with E-state index in [0.717, 1.165) is 16.8 Å². The quantitative estimate of drug-likeness (QED) is 0.916. The van der Waals surface area contributed by atoms with Crippen molar-refractivity contribution in [3.8, 4) is 0 Å². The molecule has 0 spiro atoms. The number of hydrogen-bond donors (Lipinski definition) is 1. The van der Waals surface area contributed by atoms with Gasteiger partial charge in [-0.15, -0.1) is 0 Å². The van der Waals surface area contributed by atoms with Crippen LogP contribution < -0.4 is 5.32 Å². The van der Waals surface area contributed by atoms with Gasteiger partial charge in [0.05, 0.1) is 10.7 Å². The second-order valence-electron chi connectivity index (χ2n) is 4.64. The molecule has 1 heterocycles. The summed E-state index contributed by atoms with van der Waals surface area (Å²) in [5.41, 5.74) is 3.91. The zero-order valence-corrected chi connectivity index (χ0v) is 12.2. The first-order valence-electron chi connectivity index (χ1n) is 5.98. The molecule has 100 valence electrons. The van der Waals surface area contributed by atoms with Crippen LogP contribution in [0.3, 0.4) is 0 Å². The van der Waals surface area contributed by atoms with Gasteiger partial charge in [-0.05, 0) is 38.0 Å². The Morgan fingerprint density at radius 2 is 2.00 bits per heavy atom. The summed E-state index contributed by atoms with van der Waals surface area (Å²) in [5, 5.41) is 7.41. The van der Waals surface area contributed by atoms with Crippen molar-refractivity contribution in [1.82, 2.24) is 9.78 Å². The number of carbonyl (C=O) groups excluding carboxylic acids is 1. The van der Waals surface area contributed by atoms with Gasteiger partial charge in [-0.1, -0.05) is 23.7 Å². The van der Waals surface area contributed by atoms with Crippen molar-refractivity contribution in [3.63, 3.8) is 0 Å². The molecule has 5 heteroatoms. The molecule has 1 amide bonds. The molecule has 0 fully saturated rings. The van der Waals surface area contributed by atoms with E-state index >= 15 is 0 Å². The average molecular weight is 278 g/mol. The molecule has 1 aromatic carbocycles. The molecule has 2 rings (SSSR count). The molecule has 19 heavy (non-hydrogen) atoms. The van der Waals surface area contributed by atoms with Crippen molar-refractivity contribution < 1.29 is 4.79 Å². The maximum absolute atomic E-state index is 12.3. The van der Waals surface area contributed by atoms with Gasteiger partial charge in [0.2, 0.25) is 0 Å². The largest absolute Gasteiger partial charge is 0.320 e. The molecule has 1 aromatic heterocycles. The van der Waals surface area contributed by atoms with Gasteiger partial charge in [0, 0.05) is 12.7 Å². The number of amides is 1. The van der Waals surface area contributed by atoms with E-state index in [-0.39, 0.29) is 5.91 Å². The van der Waals surface area contributed by atoms with Crippen molar-refractivity contribution in [2.45, 2.75) is 20.8 Å². The SMILES string of the molecule is Cc1ccc(C)c(NC(=O)c2c(Cl)c(C)nn2C)c1. The van der Waals surface area contributed by atoms with Crippen LogP contribution in [0.5, 0.6) is 0 Å². The van der Waals surface area contributed by atoms with E-state index in [4.69, 9.17) is 11.6 Å². The minimum absolute atomic E-state index is 0.248. The Bertz CT molecular complexity index is 646. The summed E-state index contributed by atoms with van der Waals surface area (Å²) in [5.74, 6) is -0.248. The van der Waals surface area contributed by atoms with Crippen LogP contribution in [0, 0.1) is 20.8 Å². The number of halogens is 1. The maximum Gasteiger partial charge on any atom is 0.275 e.